The first kappa shape index (κ1) is 22.7. The Morgan fingerprint density at radius 1 is 0.926 bits per heavy atom. The van der Waals surface area contributed by atoms with Crippen molar-refractivity contribution in [1.29, 1.82) is 0 Å². The summed E-state index contributed by atoms with van der Waals surface area (Å²) in [6.45, 7) is 1.40. The second-order valence-electron chi connectivity index (χ2n) is 6.86. The van der Waals surface area contributed by atoms with E-state index in [4.69, 9.17) is 5.84 Å². The van der Waals surface area contributed by atoms with Gasteiger partial charge < -0.3 is 21.4 Å². The molecular weight excluding hydrogens is 344 g/mol. The number of carbonyl (C=O) groups is 1. The summed E-state index contributed by atoms with van der Waals surface area (Å²) in [6, 6.07) is 4.28. The zero-order valence-corrected chi connectivity index (χ0v) is 16.2. The third-order valence-corrected chi connectivity index (χ3v) is 4.51. The van der Waals surface area contributed by atoms with E-state index in [1.54, 1.807) is 6.07 Å². The fraction of sp³-hybridized carbons (Fsp3) is 0.650. The van der Waals surface area contributed by atoms with Crippen LogP contribution in [0.1, 0.15) is 69.8 Å². The minimum atomic E-state index is -0.107. The van der Waals surface area contributed by atoms with Crippen molar-refractivity contribution in [1.82, 2.24) is 5.32 Å². The number of carbonyl (C=O) groups excluding carboxylic acids is 1. The minimum absolute atomic E-state index is 0.00792. The van der Waals surface area contributed by atoms with E-state index in [0.717, 1.165) is 25.8 Å². The molecule has 0 spiro atoms. The maximum atomic E-state index is 11.9. The Morgan fingerprint density at radius 2 is 1.52 bits per heavy atom. The molecule has 0 aliphatic heterocycles. The number of benzene rings is 1. The van der Waals surface area contributed by atoms with Crippen LogP contribution in [0.5, 0.6) is 11.5 Å². The summed E-state index contributed by atoms with van der Waals surface area (Å²) in [5, 5.41) is 28.8. The molecule has 0 aromatic heterocycles. The Kier molecular flexibility index (Phi) is 12.5. The van der Waals surface area contributed by atoms with Crippen molar-refractivity contribution in [3.63, 3.8) is 0 Å². The van der Waals surface area contributed by atoms with Gasteiger partial charge in [-0.25, -0.2) is 0 Å². The van der Waals surface area contributed by atoms with Gasteiger partial charge in [0.15, 0.2) is 0 Å². The van der Waals surface area contributed by atoms with E-state index in [-0.39, 0.29) is 23.8 Å². The van der Waals surface area contributed by atoms with Crippen LogP contribution in [0.3, 0.4) is 0 Å². The molecule has 1 rings (SSSR count). The van der Waals surface area contributed by atoms with Crippen LogP contribution < -0.4 is 11.2 Å². The Hall–Kier alpha value is -2.31. The summed E-state index contributed by atoms with van der Waals surface area (Å²) < 4.78 is 0. The van der Waals surface area contributed by atoms with E-state index >= 15 is 0 Å². The van der Waals surface area contributed by atoms with Gasteiger partial charge in [-0.2, -0.15) is 5.11 Å². The quantitative estimate of drug-likeness (QED) is 0.160. The van der Waals surface area contributed by atoms with Crippen LogP contribution in [0.25, 0.3) is 0 Å². The van der Waals surface area contributed by atoms with E-state index in [9.17, 15) is 15.0 Å². The van der Waals surface area contributed by atoms with Crippen molar-refractivity contribution in [3.8, 4) is 11.5 Å². The van der Waals surface area contributed by atoms with E-state index in [1.165, 1.54) is 57.1 Å². The van der Waals surface area contributed by atoms with Gasteiger partial charge in [0.25, 0.3) is 0 Å². The Bertz CT molecular complexity index is 564. The monoisotopic (exact) mass is 378 g/mol. The molecule has 0 saturated heterocycles. The lowest BCUT2D eigenvalue weighted by atomic mass is 10.1. The molecule has 152 valence electrons. The van der Waals surface area contributed by atoms with Crippen LogP contribution in [0, 0.1) is 0 Å². The van der Waals surface area contributed by atoms with Gasteiger partial charge >= 0.3 is 0 Å². The number of phenols is 2. The number of hydrogen-bond donors (Lipinski definition) is 4. The van der Waals surface area contributed by atoms with Crippen molar-refractivity contribution in [3.05, 3.63) is 23.8 Å². The highest BCUT2D eigenvalue weighted by atomic mass is 16.3. The number of rotatable bonds is 15. The van der Waals surface area contributed by atoms with Gasteiger partial charge in [-0.3, -0.25) is 4.79 Å². The maximum absolute atomic E-state index is 11.9. The van der Waals surface area contributed by atoms with E-state index in [1.807, 2.05) is 0 Å². The molecule has 0 saturated carbocycles. The normalized spacial score (nSPS) is 11.1. The third kappa shape index (κ3) is 11.8. The number of phenolic OH excluding ortho intramolecular Hbond substituents is 2. The van der Waals surface area contributed by atoms with Crippen molar-refractivity contribution >= 4 is 5.91 Å². The van der Waals surface area contributed by atoms with Crippen LogP contribution in [-0.2, 0) is 11.2 Å². The molecule has 7 heteroatoms. The van der Waals surface area contributed by atoms with Crippen LogP contribution in [0.2, 0.25) is 0 Å². The number of hydrogen-bond acceptors (Lipinski definition) is 5. The van der Waals surface area contributed by atoms with Gasteiger partial charge in [0.1, 0.15) is 11.5 Å². The summed E-state index contributed by atoms with van der Waals surface area (Å²) in [5.41, 5.74) is 0.522. The molecular formula is C20H34N4O3. The molecule has 0 unspecified atom stereocenters. The highest BCUT2D eigenvalue weighted by Gasteiger charge is 2.07. The highest BCUT2D eigenvalue weighted by Crippen LogP contribution is 2.22. The molecule has 0 aliphatic rings. The molecule has 0 atom stereocenters. The standard InChI is InChI=1S/C20H34N4O3/c21-24-23-14-10-8-6-4-2-1-3-5-7-9-13-22-20(27)15-17-11-12-18(25)16-19(17)26/h11-12,16,25-26H,1-10,13-15H2,(H2,21,23)(H,22,27). The van der Waals surface area contributed by atoms with Crippen LogP contribution >= 0.6 is 0 Å². The van der Waals surface area contributed by atoms with Gasteiger partial charge in [0.2, 0.25) is 5.91 Å². The molecule has 1 aromatic rings. The first-order chi connectivity index (χ1) is 13.1. The van der Waals surface area contributed by atoms with Crippen LogP contribution in [0.4, 0.5) is 0 Å². The molecule has 0 aliphatic carbocycles. The summed E-state index contributed by atoms with van der Waals surface area (Å²) >= 11 is 0. The summed E-state index contributed by atoms with van der Waals surface area (Å²) in [5.74, 6) is 4.78. The average Bonchev–Trinajstić information content (AvgIpc) is 2.64. The maximum Gasteiger partial charge on any atom is 0.224 e. The Balaban J connectivity index is 1.90. The largest absolute Gasteiger partial charge is 0.508 e. The molecule has 1 aromatic carbocycles. The average molecular weight is 379 g/mol. The number of nitrogens with zero attached hydrogens (tertiary/aromatic N) is 2. The van der Waals surface area contributed by atoms with E-state index in [2.05, 4.69) is 15.7 Å². The Morgan fingerprint density at radius 3 is 2.11 bits per heavy atom. The van der Waals surface area contributed by atoms with Crippen molar-refractivity contribution in [2.24, 2.45) is 16.2 Å². The predicted molar refractivity (Wildman–Crippen MR) is 107 cm³/mol. The van der Waals surface area contributed by atoms with E-state index < -0.39 is 0 Å². The van der Waals surface area contributed by atoms with Gasteiger partial charge in [-0.1, -0.05) is 62.7 Å². The molecule has 0 radical (unpaired) electrons. The van der Waals surface area contributed by atoms with Crippen molar-refractivity contribution < 1.29 is 15.0 Å². The SMILES string of the molecule is NN=NCCCCCCCCCCCCNC(=O)Cc1ccc(O)cc1O. The zero-order valence-electron chi connectivity index (χ0n) is 16.2. The van der Waals surface area contributed by atoms with E-state index in [0.29, 0.717) is 12.1 Å². The summed E-state index contributed by atoms with van der Waals surface area (Å²) in [6.07, 6.45) is 12.0. The van der Waals surface area contributed by atoms with Crippen LogP contribution in [0.15, 0.2) is 28.5 Å². The molecule has 27 heavy (non-hydrogen) atoms. The number of nitrogens with two attached hydrogens (primary N) is 1. The first-order valence-corrected chi connectivity index (χ1v) is 9.97. The number of unbranched alkanes of at least 4 members (excludes halogenated alkanes) is 9. The van der Waals surface area contributed by atoms with Gasteiger partial charge in [-0.05, 0) is 18.9 Å². The highest BCUT2D eigenvalue weighted by molar-refractivity contribution is 5.79. The molecule has 0 fully saturated rings. The fourth-order valence-electron chi connectivity index (χ4n) is 2.94. The minimum Gasteiger partial charge on any atom is -0.508 e. The van der Waals surface area contributed by atoms with Crippen molar-refractivity contribution in [2.45, 2.75) is 70.6 Å². The molecule has 0 bridgehead atoms. The lowest BCUT2D eigenvalue weighted by Gasteiger charge is -2.07. The molecule has 5 N–H and O–H groups in total. The Labute approximate surface area is 162 Å². The second-order valence-corrected chi connectivity index (χ2v) is 6.86. The molecule has 7 nitrogen and oxygen atoms in total. The number of aromatic hydroxyl groups is 2. The van der Waals surface area contributed by atoms with Crippen LogP contribution in [-0.4, -0.2) is 29.2 Å². The van der Waals surface area contributed by atoms with Gasteiger partial charge in [0, 0.05) is 18.2 Å². The van der Waals surface area contributed by atoms with Crippen molar-refractivity contribution in [2.75, 3.05) is 13.1 Å². The zero-order chi connectivity index (χ0) is 19.7. The second kappa shape index (κ2) is 14.8. The third-order valence-electron chi connectivity index (χ3n) is 4.51. The van der Waals surface area contributed by atoms with Gasteiger partial charge in [-0.15, -0.1) is 0 Å². The summed E-state index contributed by atoms with van der Waals surface area (Å²) in [7, 11) is 0. The first-order valence-electron chi connectivity index (χ1n) is 9.97. The summed E-state index contributed by atoms with van der Waals surface area (Å²) in [4.78, 5) is 11.9. The lowest BCUT2D eigenvalue weighted by molar-refractivity contribution is -0.120. The van der Waals surface area contributed by atoms with Gasteiger partial charge in [0.05, 0.1) is 13.0 Å². The molecule has 1 amide bonds. The molecule has 0 heterocycles. The number of amides is 1. The predicted octanol–water partition coefficient (Wildman–Crippen LogP) is 3.98. The smallest absolute Gasteiger partial charge is 0.224 e. The fourth-order valence-corrected chi connectivity index (χ4v) is 2.94. The lowest BCUT2D eigenvalue weighted by Crippen LogP contribution is -2.26. The number of nitrogens with one attached hydrogen (secondary N) is 1. The topological polar surface area (TPSA) is 120 Å².